The predicted octanol–water partition coefficient (Wildman–Crippen LogP) is 5.01. The number of thiazole rings is 1. The van der Waals surface area contributed by atoms with Gasteiger partial charge in [-0.1, -0.05) is 37.6 Å². The molecule has 0 spiro atoms. The van der Waals surface area contributed by atoms with Crippen LogP contribution in [0.2, 0.25) is 5.02 Å². The zero-order valence-electron chi connectivity index (χ0n) is 12.4. The fraction of sp³-hybridized carbons (Fsp3) is 0.438. The van der Waals surface area contributed by atoms with Crippen molar-refractivity contribution in [2.24, 2.45) is 0 Å². The van der Waals surface area contributed by atoms with Crippen molar-refractivity contribution in [3.63, 3.8) is 0 Å². The zero-order valence-corrected chi connectivity index (χ0v) is 13.9. The molecule has 0 saturated heterocycles. The van der Waals surface area contributed by atoms with Gasteiger partial charge in [-0.2, -0.15) is 0 Å². The first-order valence-electron chi connectivity index (χ1n) is 6.94. The first-order chi connectivity index (χ1) is 9.47. The summed E-state index contributed by atoms with van der Waals surface area (Å²) in [6, 6.07) is 8.52. The molecule has 1 aromatic heterocycles. The van der Waals surface area contributed by atoms with Gasteiger partial charge >= 0.3 is 0 Å². The van der Waals surface area contributed by atoms with E-state index in [9.17, 15) is 0 Å². The van der Waals surface area contributed by atoms with Crippen LogP contribution in [0.5, 0.6) is 0 Å². The molecule has 0 radical (unpaired) electrons. The average Bonchev–Trinajstić information content (AvgIpc) is 2.86. The van der Waals surface area contributed by atoms with E-state index in [1.807, 2.05) is 12.1 Å². The van der Waals surface area contributed by atoms with Crippen LogP contribution in [0.1, 0.15) is 55.9 Å². The van der Waals surface area contributed by atoms with Crippen molar-refractivity contribution >= 4 is 22.9 Å². The van der Waals surface area contributed by atoms with E-state index in [1.165, 1.54) is 5.56 Å². The fourth-order valence-electron chi connectivity index (χ4n) is 2.00. The molecule has 0 aliphatic heterocycles. The molecular formula is C16H21ClN2S. The number of nitrogens with one attached hydrogen (secondary N) is 1. The Morgan fingerprint density at radius 1 is 1.10 bits per heavy atom. The Balaban J connectivity index is 2.33. The maximum absolute atomic E-state index is 5.98. The highest BCUT2D eigenvalue weighted by atomic mass is 35.5. The fourth-order valence-corrected chi connectivity index (χ4v) is 3.19. The molecule has 0 aliphatic carbocycles. The number of nitrogens with zero attached hydrogens (tertiary/aromatic N) is 1. The molecule has 0 saturated carbocycles. The van der Waals surface area contributed by atoms with Crippen molar-refractivity contribution < 1.29 is 0 Å². The largest absolute Gasteiger partial charge is 0.302 e. The van der Waals surface area contributed by atoms with Crippen LogP contribution >= 0.6 is 22.9 Å². The van der Waals surface area contributed by atoms with Gasteiger partial charge in [-0.05, 0) is 37.5 Å². The normalized spacial score (nSPS) is 13.2. The van der Waals surface area contributed by atoms with Gasteiger partial charge in [0.25, 0.3) is 0 Å². The van der Waals surface area contributed by atoms with Crippen LogP contribution in [-0.4, -0.2) is 11.0 Å². The molecule has 0 aliphatic rings. The van der Waals surface area contributed by atoms with Gasteiger partial charge in [0.15, 0.2) is 0 Å². The van der Waals surface area contributed by atoms with Gasteiger partial charge in [-0.15, -0.1) is 11.3 Å². The lowest BCUT2D eigenvalue weighted by atomic mass is 10.1. The minimum Gasteiger partial charge on any atom is -0.302 e. The molecule has 1 N–H and O–H groups in total. The highest BCUT2D eigenvalue weighted by Gasteiger charge is 2.19. The highest BCUT2D eigenvalue weighted by Crippen LogP contribution is 2.28. The first-order valence-corrected chi connectivity index (χ1v) is 8.20. The molecule has 2 nitrogen and oxygen atoms in total. The minimum absolute atomic E-state index is 0.129. The van der Waals surface area contributed by atoms with Gasteiger partial charge in [-0.3, -0.25) is 0 Å². The maximum atomic E-state index is 5.98. The van der Waals surface area contributed by atoms with Crippen LogP contribution in [-0.2, 0) is 0 Å². The molecule has 2 aromatic rings. The van der Waals surface area contributed by atoms with Crippen molar-refractivity contribution in [1.29, 1.82) is 0 Å². The number of rotatable bonds is 5. The highest BCUT2D eigenvalue weighted by molar-refractivity contribution is 7.09. The van der Waals surface area contributed by atoms with Gasteiger partial charge in [-0.25, -0.2) is 4.98 Å². The molecule has 0 fully saturated rings. The van der Waals surface area contributed by atoms with Crippen LogP contribution in [0.15, 0.2) is 29.6 Å². The summed E-state index contributed by atoms with van der Waals surface area (Å²) in [6.07, 6.45) is 0. The number of hydrogen-bond donors (Lipinski definition) is 1. The summed E-state index contributed by atoms with van der Waals surface area (Å²) < 4.78 is 0. The van der Waals surface area contributed by atoms with E-state index in [4.69, 9.17) is 16.6 Å². The second kappa shape index (κ2) is 6.70. The van der Waals surface area contributed by atoms with Crippen molar-refractivity contribution in [2.45, 2.75) is 45.7 Å². The molecule has 0 bridgehead atoms. The minimum atomic E-state index is 0.129. The summed E-state index contributed by atoms with van der Waals surface area (Å²) in [5.74, 6) is 0.463. The van der Waals surface area contributed by atoms with E-state index in [-0.39, 0.29) is 6.04 Å². The topological polar surface area (TPSA) is 24.9 Å². The van der Waals surface area contributed by atoms with Crippen molar-refractivity contribution in [3.8, 4) is 0 Å². The lowest BCUT2D eigenvalue weighted by Crippen LogP contribution is -2.28. The third kappa shape index (κ3) is 3.81. The number of aromatic nitrogens is 1. The third-order valence-corrected chi connectivity index (χ3v) is 4.26. The number of hydrogen-bond acceptors (Lipinski definition) is 3. The summed E-state index contributed by atoms with van der Waals surface area (Å²) in [7, 11) is 0. The van der Waals surface area contributed by atoms with Crippen molar-refractivity contribution in [3.05, 3.63) is 50.9 Å². The second-order valence-electron chi connectivity index (χ2n) is 5.57. The van der Waals surface area contributed by atoms with Crippen molar-refractivity contribution in [1.82, 2.24) is 10.3 Å². The van der Waals surface area contributed by atoms with Crippen LogP contribution in [0.4, 0.5) is 0 Å². The molecule has 1 atom stereocenters. The zero-order chi connectivity index (χ0) is 14.7. The van der Waals surface area contributed by atoms with Crippen LogP contribution in [0.25, 0.3) is 0 Å². The molecular weight excluding hydrogens is 288 g/mol. The van der Waals surface area contributed by atoms with Crippen LogP contribution < -0.4 is 5.32 Å². The molecule has 2 rings (SSSR count). The molecule has 0 amide bonds. The molecule has 1 aromatic carbocycles. The second-order valence-corrected chi connectivity index (χ2v) is 6.90. The summed E-state index contributed by atoms with van der Waals surface area (Å²) in [4.78, 5) is 4.78. The lowest BCUT2D eigenvalue weighted by molar-refractivity contribution is 0.525. The molecule has 20 heavy (non-hydrogen) atoms. The Bertz CT molecular complexity index is 546. The Kier molecular flexibility index (Phi) is 5.19. The molecule has 1 unspecified atom stereocenters. The lowest BCUT2D eigenvalue weighted by Gasteiger charge is -2.20. The Hall–Kier alpha value is -0.900. The van der Waals surface area contributed by atoms with Gasteiger partial charge < -0.3 is 5.32 Å². The number of halogens is 1. The van der Waals surface area contributed by atoms with Crippen LogP contribution in [0, 0.1) is 0 Å². The number of benzene rings is 1. The maximum Gasteiger partial charge on any atom is 0.114 e. The van der Waals surface area contributed by atoms with Crippen molar-refractivity contribution in [2.75, 3.05) is 0 Å². The summed E-state index contributed by atoms with van der Waals surface area (Å²) in [5.41, 5.74) is 2.36. The summed E-state index contributed by atoms with van der Waals surface area (Å²) in [5, 5.41) is 7.63. The molecule has 4 heteroatoms. The molecule has 108 valence electrons. The first kappa shape index (κ1) is 15.5. The smallest absolute Gasteiger partial charge is 0.114 e. The predicted molar refractivity (Wildman–Crippen MR) is 87.8 cm³/mol. The molecule has 1 heterocycles. The summed E-state index contributed by atoms with van der Waals surface area (Å²) >= 11 is 7.70. The van der Waals surface area contributed by atoms with Gasteiger partial charge in [0.2, 0.25) is 0 Å². The summed E-state index contributed by atoms with van der Waals surface area (Å²) in [6.45, 7) is 8.65. The standard InChI is InChI=1S/C16H21ClN2S/c1-10(2)14-9-20-16(19-14)15(18-11(3)4)12-5-7-13(17)8-6-12/h5-11,15,18H,1-4H3. The van der Waals surface area contributed by atoms with E-state index in [2.05, 4.69) is 50.5 Å². The van der Waals surface area contributed by atoms with Crippen LogP contribution in [0.3, 0.4) is 0 Å². The average molecular weight is 309 g/mol. The van der Waals surface area contributed by atoms with E-state index < -0.39 is 0 Å². The van der Waals surface area contributed by atoms with Gasteiger partial charge in [0, 0.05) is 16.4 Å². The van der Waals surface area contributed by atoms with E-state index >= 15 is 0 Å². The quantitative estimate of drug-likeness (QED) is 0.840. The Morgan fingerprint density at radius 3 is 2.25 bits per heavy atom. The third-order valence-electron chi connectivity index (χ3n) is 3.08. The SMILES string of the molecule is CC(C)NC(c1ccc(Cl)cc1)c1nc(C(C)C)cs1. The van der Waals surface area contributed by atoms with E-state index in [1.54, 1.807) is 11.3 Å². The van der Waals surface area contributed by atoms with E-state index in [0.717, 1.165) is 15.7 Å². The van der Waals surface area contributed by atoms with Gasteiger partial charge in [0.05, 0.1) is 11.7 Å². The Labute approximate surface area is 130 Å². The van der Waals surface area contributed by atoms with Gasteiger partial charge in [0.1, 0.15) is 5.01 Å². The monoisotopic (exact) mass is 308 g/mol. The van der Waals surface area contributed by atoms with E-state index in [0.29, 0.717) is 12.0 Å². The Morgan fingerprint density at radius 2 is 1.75 bits per heavy atom.